The van der Waals surface area contributed by atoms with Crippen LogP contribution in [0, 0.1) is 58.7 Å². The molecule has 3 saturated heterocycles. The molecule has 61 heavy (non-hydrogen) atoms. The molecule has 13 heteroatoms. The monoisotopic (exact) mass is 887 g/mol. The van der Waals surface area contributed by atoms with Crippen LogP contribution in [-0.2, 0) is 37.5 Å². The Kier molecular flexibility index (Phi) is 26.6. The molecule has 4 heterocycles. The Morgan fingerprint density at radius 3 is 1.11 bits per heavy atom. The molecule has 0 amide bonds. The highest BCUT2D eigenvalue weighted by atomic mass is 31.2. The summed E-state index contributed by atoms with van der Waals surface area (Å²) in [5, 5.41) is 9.33. The quantitative estimate of drug-likeness (QED) is 0.0879. The molecule has 0 aliphatic carbocycles. The number of rotatable bonds is 22. The van der Waals surface area contributed by atoms with Crippen LogP contribution < -0.4 is 4.89 Å². The molecule has 16 atom stereocenters. The molecule has 0 aromatic carbocycles. The molecule has 0 radical (unpaired) electrons. The Balaban J connectivity index is 0.000000841. The molecule has 12 nitrogen and oxygen atoms in total. The molecule has 1 aromatic heterocycles. The largest absolute Gasteiger partial charge is 0.789 e. The highest BCUT2D eigenvalue weighted by Gasteiger charge is 2.41. The molecule has 0 bridgehead atoms. The minimum absolute atomic E-state index is 0.0944. The Bertz CT molecular complexity index is 1160. The van der Waals surface area contributed by atoms with Crippen LogP contribution >= 0.6 is 7.57 Å². The first kappa shape index (κ1) is 56.2. The summed E-state index contributed by atoms with van der Waals surface area (Å²) in [6.07, 6.45) is 17.9. The van der Waals surface area contributed by atoms with Gasteiger partial charge in [-0.05, 0) is 106 Å². The van der Waals surface area contributed by atoms with Crippen molar-refractivity contribution >= 4 is 13.9 Å². The highest BCUT2D eigenvalue weighted by molar-refractivity contribution is 7.57. The fourth-order valence-electron chi connectivity index (χ4n) is 9.69. The smallest absolute Gasteiger partial charge is 0.160 e. The second-order valence-electron chi connectivity index (χ2n) is 18.7. The molecule has 16 unspecified atom stereocenters. The van der Waals surface area contributed by atoms with Crippen LogP contribution in [0.3, 0.4) is 0 Å². The predicted octanol–water partition coefficient (Wildman–Crippen LogP) is 10.9. The first-order valence-corrected chi connectivity index (χ1v) is 25.9. The van der Waals surface area contributed by atoms with Crippen molar-refractivity contribution in [2.24, 2.45) is 58.7 Å². The standard InChI is InChI=1S/C42H80O6.C4H10O3P.C2H3N3/c1-14-36-30(8)27(5)33(11)39(46-36)43-24-18-21-42(17-4,22-19-25-44-40-34(12)28(6)31(9)37(15-2)47-40)23-20-26-45-41-35(13)29(7)32(10)38(16-3)48-41;1-4-7-8(3,5)6-2;1-2-4-5-3-1/h27-41H,14-26H2,1-13H3;3-4H2,1-2H3;1-2H,(H,3,4,5)/q;-1;. The van der Waals surface area contributed by atoms with Gasteiger partial charge in [0.25, 0.3) is 0 Å². The van der Waals surface area contributed by atoms with Crippen LogP contribution in [0.25, 0.3) is 0 Å². The van der Waals surface area contributed by atoms with E-state index in [0.717, 1.165) is 84.0 Å². The number of aromatic nitrogens is 3. The van der Waals surface area contributed by atoms with E-state index in [1.54, 1.807) is 19.3 Å². The number of nitrogens with zero attached hydrogens (tertiary/aromatic N) is 2. The maximum absolute atomic E-state index is 10.6. The Morgan fingerprint density at radius 1 is 0.574 bits per heavy atom. The van der Waals surface area contributed by atoms with Gasteiger partial charge in [-0.3, -0.25) is 0 Å². The fourth-order valence-corrected chi connectivity index (χ4v) is 10.2. The Morgan fingerprint density at radius 2 is 0.902 bits per heavy atom. The summed E-state index contributed by atoms with van der Waals surface area (Å²) in [6.45, 7) is 34.5. The van der Waals surface area contributed by atoms with Crippen LogP contribution in [0.2, 0.25) is 0 Å². The van der Waals surface area contributed by atoms with Crippen molar-refractivity contribution in [3.05, 3.63) is 12.4 Å². The lowest BCUT2D eigenvalue weighted by Crippen LogP contribution is -2.45. The summed E-state index contributed by atoms with van der Waals surface area (Å²) < 4.78 is 47.9. The zero-order valence-electron chi connectivity index (χ0n) is 41.4. The SMILES string of the molecule is C=P([O-])(OC)OCC.CCC1OC(OCCCC(CC)(CCCOC2OC(CC)C(C)C(C)C2C)CCCOC2OC(CC)C(C)C(C)C2C)C(C)C(C)C1C.c1cn[nH]n1. The topological polar surface area (TPSA) is 138 Å². The molecule has 0 saturated carbocycles. The maximum Gasteiger partial charge on any atom is 0.160 e. The molecule has 3 aliphatic rings. The van der Waals surface area contributed by atoms with Gasteiger partial charge in [0.1, 0.15) is 0 Å². The first-order valence-electron chi connectivity index (χ1n) is 24.2. The molecule has 1 N–H and O–H groups in total. The molecule has 360 valence electrons. The van der Waals surface area contributed by atoms with Crippen LogP contribution in [0.5, 0.6) is 0 Å². The maximum atomic E-state index is 10.6. The van der Waals surface area contributed by atoms with Gasteiger partial charge in [-0.15, -0.1) is 0 Å². The van der Waals surface area contributed by atoms with E-state index in [9.17, 15) is 4.89 Å². The van der Waals surface area contributed by atoms with Gasteiger partial charge < -0.3 is 42.4 Å². The van der Waals surface area contributed by atoms with Crippen molar-refractivity contribution in [1.29, 1.82) is 0 Å². The average Bonchev–Trinajstić information content (AvgIpc) is 3.86. The molecule has 4 rings (SSSR count). The van der Waals surface area contributed by atoms with Crippen LogP contribution in [0.4, 0.5) is 0 Å². The minimum atomic E-state index is -2.92. The Hall–Kier alpha value is -0.920. The number of nitrogens with one attached hydrogen (secondary N) is 1. The molecule has 3 aliphatic heterocycles. The number of aromatic amines is 1. The van der Waals surface area contributed by atoms with E-state index in [0.29, 0.717) is 78.2 Å². The van der Waals surface area contributed by atoms with Gasteiger partial charge in [0.05, 0.1) is 30.7 Å². The zero-order chi connectivity index (χ0) is 45.8. The van der Waals surface area contributed by atoms with Gasteiger partial charge in [-0.2, -0.15) is 15.4 Å². The van der Waals surface area contributed by atoms with Gasteiger partial charge in [0.2, 0.25) is 0 Å². The summed E-state index contributed by atoms with van der Waals surface area (Å²) in [5.41, 5.74) is 0.239. The first-order chi connectivity index (χ1) is 29.0. The number of H-pyrrole nitrogens is 1. The number of hydrogen-bond acceptors (Lipinski definition) is 11. The lowest BCUT2D eigenvalue weighted by atomic mass is 9.73. The van der Waals surface area contributed by atoms with Crippen LogP contribution in [0.1, 0.15) is 161 Å². The fraction of sp³-hybridized carbons (Fsp3) is 0.938. The van der Waals surface area contributed by atoms with Crippen LogP contribution in [0.15, 0.2) is 12.4 Å². The third-order valence-corrected chi connectivity index (χ3v) is 16.5. The van der Waals surface area contributed by atoms with E-state index in [1.165, 1.54) is 7.11 Å². The van der Waals surface area contributed by atoms with Crippen molar-refractivity contribution in [3.63, 3.8) is 0 Å². The van der Waals surface area contributed by atoms with Crippen molar-refractivity contribution in [2.75, 3.05) is 33.5 Å². The van der Waals surface area contributed by atoms with Crippen molar-refractivity contribution in [3.8, 4) is 0 Å². The van der Waals surface area contributed by atoms with Gasteiger partial charge in [-0.1, -0.05) is 103 Å². The molecule has 3 fully saturated rings. The van der Waals surface area contributed by atoms with E-state index in [4.69, 9.17) is 28.4 Å². The number of ether oxygens (including phenoxy) is 6. The lowest BCUT2D eigenvalue weighted by molar-refractivity contribution is -0.249. The summed E-state index contributed by atoms with van der Waals surface area (Å²) in [6, 6.07) is 0. The van der Waals surface area contributed by atoms with E-state index >= 15 is 0 Å². The highest BCUT2D eigenvalue weighted by Crippen LogP contribution is 2.42. The van der Waals surface area contributed by atoms with E-state index in [2.05, 4.69) is 121 Å². The molecule has 0 spiro atoms. The minimum Gasteiger partial charge on any atom is -0.789 e. The zero-order valence-corrected chi connectivity index (χ0v) is 42.3. The second kappa shape index (κ2) is 28.9. The molecular weight excluding hydrogens is 794 g/mol. The second-order valence-corrected chi connectivity index (χ2v) is 20.6. The average molecular weight is 887 g/mol. The third kappa shape index (κ3) is 17.8. The van der Waals surface area contributed by atoms with Crippen molar-refractivity contribution in [1.82, 2.24) is 15.4 Å². The normalized spacial score (nSPS) is 36.1. The summed E-state index contributed by atoms with van der Waals surface area (Å²) >= 11 is 0. The number of hydrogen-bond donors (Lipinski definition) is 1. The van der Waals surface area contributed by atoms with E-state index in [-0.39, 0.29) is 24.3 Å². The van der Waals surface area contributed by atoms with E-state index < -0.39 is 7.57 Å². The van der Waals surface area contributed by atoms with Crippen molar-refractivity contribution in [2.45, 2.75) is 198 Å². The summed E-state index contributed by atoms with van der Waals surface area (Å²) in [4.78, 5) is 10.6. The van der Waals surface area contributed by atoms with Crippen LogP contribution in [-0.4, -0.2) is 92.4 Å². The van der Waals surface area contributed by atoms with Gasteiger partial charge >= 0.3 is 0 Å². The lowest BCUT2D eigenvalue weighted by Gasteiger charge is -2.43. The third-order valence-electron chi connectivity index (χ3n) is 15.2. The van der Waals surface area contributed by atoms with E-state index in [1.807, 2.05) is 0 Å². The van der Waals surface area contributed by atoms with Crippen molar-refractivity contribution < 1.29 is 42.4 Å². The molecular formula is C48H93N3O9P-. The van der Waals surface area contributed by atoms with Gasteiger partial charge in [0, 0.05) is 58.9 Å². The summed E-state index contributed by atoms with van der Waals surface area (Å²) in [7, 11) is -1.61. The Labute approximate surface area is 373 Å². The molecule has 1 aromatic rings. The predicted molar refractivity (Wildman–Crippen MR) is 247 cm³/mol. The summed E-state index contributed by atoms with van der Waals surface area (Å²) in [5.74, 6) is 4.78. The van der Waals surface area contributed by atoms with Gasteiger partial charge in [0.15, 0.2) is 18.9 Å². The van der Waals surface area contributed by atoms with Gasteiger partial charge in [-0.25, -0.2) is 0 Å².